The van der Waals surface area contributed by atoms with Gasteiger partial charge in [-0.1, -0.05) is 0 Å². The highest BCUT2D eigenvalue weighted by molar-refractivity contribution is 5.85. The van der Waals surface area contributed by atoms with E-state index in [0.29, 0.717) is 5.41 Å². The molecule has 0 bridgehead atoms. The Morgan fingerprint density at radius 1 is 1.29 bits per heavy atom. The molecule has 1 aliphatic carbocycles. The molecule has 5 heteroatoms. The highest BCUT2D eigenvalue weighted by Crippen LogP contribution is 2.44. The first-order chi connectivity index (χ1) is 7.34. The van der Waals surface area contributed by atoms with Gasteiger partial charge >= 0.3 is 0 Å². The van der Waals surface area contributed by atoms with Crippen molar-refractivity contribution in [1.82, 2.24) is 15.1 Å². The summed E-state index contributed by atoms with van der Waals surface area (Å²) < 4.78 is 2.10. The van der Waals surface area contributed by atoms with Gasteiger partial charge in [0.25, 0.3) is 0 Å². The highest BCUT2D eigenvalue weighted by Gasteiger charge is 2.41. The van der Waals surface area contributed by atoms with Crippen molar-refractivity contribution in [3.05, 3.63) is 17.5 Å². The highest BCUT2D eigenvalue weighted by atomic mass is 35.5. The van der Waals surface area contributed by atoms with E-state index in [9.17, 15) is 0 Å². The zero-order valence-electron chi connectivity index (χ0n) is 10.2. The quantitative estimate of drug-likeness (QED) is 0.854. The Balaban J connectivity index is 0.000000722. The molecule has 98 valence electrons. The number of nitrogens with one attached hydrogen (secondary N) is 1. The maximum absolute atomic E-state index is 4.66. The zero-order valence-corrected chi connectivity index (χ0v) is 11.9. The van der Waals surface area contributed by atoms with E-state index in [2.05, 4.69) is 28.2 Å². The van der Waals surface area contributed by atoms with Crippen LogP contribution in [0.3, 0.4) is 0 Å². The van der Waals surface area contributed by atoms with Crippen LogP contribution in [0.2, 0.25) is 0 Å². The van der Waals surface area contributed by atoms with Gasteiger partial charge in [-0.05, 0) is 51.3 Å². The molecule has 1 saturated heterocycles. The van der Waals surface area contributed by atoms with E-state index in [4.69, 9.17) is 0 Å². The topological polar surface area (TPSA) is 29.9 Å². The number of piperidine rings is 1. The van der Waals surface area contributed by atoms with E-state index in [-0.39, 0.29) is 24.8 Å². The van der Waals surface area contributed by atoms with Crippen molar-refractivity contribution < 1.29 is 0 Å². The first-order valence-corrected chi connectivity index (χ1v) is 6.12. The second-order valence-corrected chi connectivity index (χ2v) is 4.88. The summed E-state index contributed by atoms with van der Waals surface area (Å²) in [6.45, 7) is 5.52. The summed E-state index contributed by atoms with van der Waals surface area (Å²) in [5.41, 5.74) is 3.41. The zero-order chi connectivity index (χ0) is 10.3. The van der Waals surface area contributed by atoms with E-state index in [1.165, 1.54) is 44.5 Å². The van der Waals surface area contributed by atoms with Crippen LogP contribution in [0.5, 0.6) is 0 Å². The van der Waals surface area contributed by atoms with E-state index in [1.807, 2.05) is 0 Å². The molecule has 1 N–H and O–H groups in total. The van der Waals surface area contributed by atoms with E-state index in [1.54, 1.807) is 5.56 Å². The molecule has 2 heterocycles. The summed E-state index contributed by atoms with van der Waals surface area (Å²) in [6.07, 6.45) is 7.43. The number of nitrogens with zero attached hydrogens (tertiary/aromatic N) is 2. The van der Waals surface area contributed by atoms with E-state index < -0.39 is 0 Å². The SMILES string of the molecule is CCn1cc2c(n1)CCC21CCNCC1.Cl.Cl. The molecule has 0 atom stereocenters. The fraction of sp³-hybridized carbons (Fsp3) is 0.750. The van der Waals surface area contributed by atoms with Crippen LogP contribution in [0.4, 0.5) is 0 Å². The van der Waals surface area contributed by atoms with Crippen molar-refractivity contribution in [1.29, 1.82) is 0 Å². The van der Waals surface area contributed by atoms with Crippen LogP contribution in [-0.2, 0) is 18.4 Å². The van der Waals surface area contributed by atoms with Crippen LogP contribution >= 0.6 is 24.8 Å². The molecule has 0 unspecified atom stereocenters. The van der Waals surface area contributed by atoms with Gasteiger partial charge in [-0.25, -0.2) is 0 Å². The van der Waals surface area contributed by atoms with Crippen LogP contribution in [0.1, 0.15) is 37.4 Å². The Morgan fingerprint density at radius 2 is 2.00 bits per heavy atom. The number of aryl methyl sites for hydroxylation is 2. The molecule has 17 heavy (non-hydrogen) atoms. The molecule has 3 rings (SSSR count). The minimum absolute atomic E-state index is 0. The molecule has 1 fully saturated rings. The average molecular weight is 278 g/mol. The first kappa shape index (κ1) is 14.8. The maximum atomic E-state index is 4.66. The van der Waals surface area contributed by atoms with Crippen molar-refractivity contribution in [3.63, 3.8) is 0 Å². The van der Waals surface area contributed by atoms with Gasteiger partial charge < -0.3 is 5.32 Å². The van der Waals surface area contributed by atoms with Crippen molar-refractivity contribution >= 4 is 24.8 Å². The van der Waals surface area contributed by atoms with Gasteiger partial charge in [0, 0.05) is 18.2 Å². The average Bonchev–Trinajstić information content (AvgIpc) is 2.82. The van der Waals surface area contributed by atoms with Gasteiger partial charge in [0.05, 0.1) is 5.69 Å². The second kappa shape index (κ2) is 5.59. The first-order valence-electron chi connectivity index (χ1n) is 6.12. The van der Waals surface area contributed by atoms with Crippen molar-refractivity contribution in [2.45, 2.75) is 44.6 Å². The van der Waals surface area contributed by atoms with Crippen LogP contribution in [0.15, 0.2) is 6.20 Å². The van der Waals surface area contributed by atoms with Gasteiger partial charge in [0.2, 0.25) is 0 Å². The van der Waals surface area contributed by atoms with Crippen molar-refractivity contribution in [2.24, 2.45) is 0 Å². The molecule has 2 aliphatic rings. The third-order valence-electron chi connectivity index (χ3n) is 4.13. The largest absolute Gasteiger partial charge is 0.317 e. The van der Waals surface area contributed by atoms with E-state index in [0.717, 1.165) is 6.54 Å². The number of hydrogen-bond donors (Lipinski definition) is 1. The Hall–Kier alpha value is -0.250. The molecular weight excluding hydrogens is 257 g/mol. The predicted molar refractivity (Wildman–Crippen MR) is 74.5 cm³/mol. The fourth-order valence-corrected chi connectivity index (χ4v) is 3.17. The third kappa shape index (κ3) is 2.33. The third-order valence-corrected chi connectivity index (χ3v) is 4.13. The lowest BCUT2D eigenvalue weighted by Crippen LogP contribution is -2.38. The lowest BCUT2D eigenvalue weighted by atomic mass is 9.75. The second-order valence-electron chi connectivity index (χ2n) is 4.88. The van der Waals surface area contributed by atoms with Crippen LogP contribution in [0.25, 0.3) is 0 Å². The van der Waals surface area contributed by atoms with Gasteiger partial charge in [-0.3, -0.25) is 4.68 Å². The van der Waals surface area contributed by atoms with Gasteiger partial charge in [-0.2, -0.15) is 5.10 Å². The number of halogens is 2. The number of aromatic nitrogens is 2. The summed E-state index contributed by atoms with van der Waals surface area (Å²) in [4.78, 5) is 0. The fourth-order valence-electron chi connectivity index (χ4n) is 3.17. The smallest absolute Gasteiger partial charge is 0.0662 e. The number of fused-ring (bicyclic) bond motifs is 2. The normalized spacial score (nSPS) is 20.5. The molecule has 1 aliphatic heterocycles. The van der Waals surface area contributed by atoms with Crippen LogP contribution in [0, 0.1) is 0 Å². The van der Waals surface area contributed by atoms with Gasteiger partial charge in [-0.15, -0.1) is 24.8 Å². The van der Waals surface area contributed by atoms with Crippen LogP contribution in [-0.4, -0.2) is 22.9 Å². The summed E-state index contributed by atoms with van der Waals surface area (Å²) in [5, 5.41) is 8.12. The monoisotopic (exact) mass is 277 g/mol. The summed E-state index contributed by atoms with van der Waals surface area (Å²) >= 11 is 0. The molecular formula is C12H21Cl2N3. The van der Waals surface area contributed by atoms with Gasteiger partial charge in [0.1, 0.15) is 0 Å². The minimum Gasteiger partial charge on any atom is -0.317 e. The number of hydrogen-bond acceptors (Lipinski definition) is 2. The summed E-state index contributed by atoms with van der Waals surface area (Å²) in [5.74, 6) is 0. The maximum Gasteiger partial charge on any atom is 0.0662 e. The molecule has 1 aromatic heterocycles. The lowest BCUT2D eigenvalue weighted by Gasteiger charge is -2.34. The molecule has 1 aromatic rings. The van der Waals surface area contributed by atoms with E-state index >= 15 is 0 Å². The van der Waals surface area contributed by atoms with Crippen molar-refractivity contribution in [3.8, 4) is 0 Å². The lowest BCUT2D eigenvalue weighted by molar-refractivity contribution is 0.305. The molecule has 0 radical (unpaired) electrons. The molecule has 0 saturated carbocycles. The molecule has 1 spiro atoms. The Bertz CT molecular complexity index is 370. The van der Waals surface area contributed by atoms with Crippen molar-refractivity contribution in [2.75, 3.05) is 13.1 Å². The summed E-state index contributed by atoms with van der Waals surface area (Å²) in [7, 11) is 0. The Morgan fingerprint density at radius 3 is 2.65 bits per heavy atom. The molecule has 3 nitrogen and oxygen atoms in total. The summed E-state index contributed by atoms with van der Waals surface area (Å²) in [6, 6.07) is 0. The van der Waals surface area contributed by atoms with Crippen LogP contribution < -0.4 is 5.32 Å². The Labute approximate surface area is 115 Å². The predicted octanol–water partition coefficient (Wildman–Crippen LogP) is 2.31. The molecule has 0 amide bonds. The molecule has 0 aromatic carbocycles. The van der Waals surface area contributed by atoms with Gasteiger partial charge in [0.15, 0.2) is 0 Å². The minimum atomic E-state index is 0. The standard InChI is InChI=1S/C12H19N3.2ClH/c1-2-15-9-10-11(14-15)3-4-12(10)5-7-13-8-6-12;;/h9,13H,2-8H2,1H3;2*1H. The number of rotatable bonds is 1. The Kier molecular flexibility index (Phi) is 4.87.